The number of nitrogens with zero attached hydrogens (tertiary/aromatic N) is 1. The van der Waals surface area contributed by atoms with E-state index in [1.54, 1.807) is 0 Å². The molecule has 2 aromatic rings. The largest absolute Gasteiger partial charge is 0.339 e. The van der Waals surface area contributed by atoms with Crippen LogP contribution in [0.4, 0.5) is 0 Å². The fraction of sp³-hybridized carbons (Fsp3) is 0.552. The van der Waals surface area contributed by atoms with Gasteiger partial charge in [0.05, 0.1) is 5.41 Å². The summed E-state index contributed by atoms with van der Waals surface area (Å²) in [6.07, 6.45) is 4.35. The molecule has 2 saturated heterocycles. The molecule has 3 aliphatic rings. The van der Waals surface area contributed by atoms with E-state index in [1.807, 2.05) is 0 Å². The number of amides is 1. The third-order valence-corrected chi connectivity index (χ3v) is 9.68. The lowest BCUT2D eigenvalue weighted by molar-refractivity contribution is -0.144. The summed E-state index contributed by atoms with van der Waals surface area (Å²) in [5.41, 5.74) is 3.41. The normalized spacial score (nSPS) is 28.9. The summed E-state index contributed by atoms with van der Waals surface area (Å²) in [6, 6.07) is 17.7. The van der Waals surface area contributed by atoms with Gasteiger partial charge in [0.1, 0.15) is 0 Å². The Morgan fingerprint density at radius 2 is 1.85 bits per heavy atom. The van der Waals surface area contributed by atoms with E-state index in [9.17, 15) is 4.79 Å². The first-order valence-corrected chi connectivity index (χ1v) is 13.9. The van der Waals surface area contributed by atoms with Crippen LogP contribution in [-0.2, 0) is 16.8 Å². The van der Waals surface area contributed by atoms with Crippen molar-refractivity contribution in [2.75, 3.05) is 26.2 Å². The standard InChI is InChI=1S/C29H38BrN3O/c1-3-20(4-2)27-15-22(21-9-6-5-7-10-21)13-14-33(27)28(34)29-19-32-17-23(29)16-31-18-24-25(29)11-8-12-26(24)30/h5-12,20,22-23,27,31-32H,3-4,13-19H2,1-2H3. The Bertz CT molecular complexity index is 1010. The maximum Gasteiger partial charge on any atom is 0.235 e. The lowest BCUT2D eigenvalue weighted by Gasteiger charge is -2.48. The Morgan fingerprint density at radius 1 is 1.09 bits per heavy atom. The van der Waals surface area contributed by atoms with Gasteiger partial charge in [0.15, 0.2) is 0 Å². The zero-order valence-corrected chi connectivity index (χ0v) is 22.1. The Balaban J connectivity index is 1.54. The molecule has 0 aliphatic carbocycles. The second kappa shape index (κ2) is 10.1. The van der Waals surface area contributed by atoms with Crippen LogP contribution in [0.15, 0.2) is 53.0 Å². The van der Waals surface area contributed by atoms with Crippen molar-refractivity contribution in [1.82, 2.24) is 15.5 Å². The molecule has 5 rings (SSSR count). The number of hydrogen-bond acceptors (Lipinski definition) is 3. The summed E-state index contributed by atoms with van der Waals surface area (Å²) in [6.45, 7) is 8.75. The highest BCUT2D eigenvalue weighted by Gasteiger charge is 2.55. The predicted molar refractivity (Wildman–Crippen MR) is 142 cm³/mol. The first kappa shape index (κ1) is 24.0. The van der Waals surface area contributed by atoms with Gasteiger partial charge in [0, 0.05) is 49.2 Å². The van der Waals surface area contributed by atoms with E-state index < -0.39 is 5.41 Å². The number of likely N-dealkylation sites (tertiary alicyclic amines) is 1. The minimum Gasteiger partial charge on any atom is -0.339 e. The van der Waals surface area contributed by atoms with Gasteiger partial charge >= 0.3 is 0 Å². The van der Waals surface area contributed by atoms with E-state index >= 15 is 0 Å². The third-order valence-electron chi connectivity index (χ3n) is 8.93. The van der Waals surface area contributed by atoms with Crippen LogP contribution >= 0.6 is 15.9 Å². The smallest absolute Gasteiger partial charge is 0.235 e. The Hall–Kier alpha value is -1.69. The molecule has 0 spiro atoms. The number of carbonyl (C=O) groups is 1. The van der Waals surface area contributed by atoms with Crippen molar-refractivity contribution in [1.29, 1.82) is 0 Å². The van der Waals surface area contributed by atoms with Crippen molar-refractivity contribution in [2.45, 2.75) is 63.5 Å². The first-order chi connectivity index (χ1) is 16.6. The molecule has 4 nitrogen and oxygen atoms in total. The number of halogens is 1. The van der Waals surface area contributed by atoms with Crippen LogP contribution in [0.5, 0.6) is 0 Å². The molecule has 3 heterocycles. The summed E-state index contributed by atoms with van der Waals surface area (Å²) in [4.78, 5) is 17.1. The van der Waals surface area contributed by atoms with Gasteiger partial charge < -0.3 is 15.5 Å². The monoisotopic (exact) mass is 523 g/mol. The van der Waals surface area contributed by atoms with E-state index in [0.717, 1.165) is 62.9 Å². The third kappa shape index (κ3) is 4.04. The first-order valence-electron chi connectivity index (χ1n) is 13.1. The summed E-state index contributed by atoms with van der Waals surface area (Å²) in [5.74, 6) is 1.69. The minimum atomic E-state index is -0.494. The number of benzene rings is 2. The molecule has 0 saturated carbocycles. The SMILES string of the molecule is CCC(CC)C1CC(c2ccccc2)CCN1C(=O)C12CNCC1CNCc1c(Br)cccc12. The van der Waals surface area contributed by atoms with Gasteiger partial charge in [-0.25, -0.2) is 0 Å². The summed E-state index contributed by atoms with van der Waals surface area (Å²) in [5, 5.41) is 7.26. The molecule has 3 aliphatic heterocycles. The van der Waals surface area contributed by atoms with Crippen LogP contribution in [0.25, 0.3) is 0 Å². The second-order valence-electron chi connectivity index (χ2n) is 10.5. The Morgan fingerprint density at radius 3 is 2.62 bits per heavy atom. The van der Waals surface area contributed by atoms with Crippen molar-refractivity contribution < 1.29 is 4.79 Å². The average Bonchev–Trinajstić information content (AvgIpc) is 3.23. The van der Waals surface area contributed by atoms with Crippen molar-refractivity contribution in [2.24, 2.45) is 11.8 Å². The van der Waals surface area contributed by atoms with Crippen LogP contribution in [0.1, 0.15) is 62.1 Å². The number of fused-ring (bicyclic) bond motifs is 3. The molecule has 2 fully saturated rings. The number of rotatable bonds is 5. The minimum absolute atomic E-state index is 0.268. The van der Waals surface area contributed by atoms with Gasteiger partial charge in [-0.15, -0.1) is 0 Å². The molecule has 0 bridgehead atoms. The molecule has 5 heteroatoms. The fourth-order valence-electron chi connectivity index (χ4n) is 7.03. The molecule has 34 heavy (non-hydrogen) atoms. The molecule has 2 aromatic carbocycles. The number of nitrogens with one attached hydrogen (secondary N) is 2. The van der Waals surface area contributed by atoms with Crippen LogP contribution in [0.3, 0.4) is 0 Å². The van der Waals surface area contributed by atoms with Crippen LogP contribution < -0.4 is 10.6 Å². The van der Waals surface area contributed by atoms with Gasteiger partial charge in [0.25, 0.3) is 0 Å². The van der Waals surface area contributed by atoms with Crippen LogP contribution in [0.2, 0.25) is 0 Å². The maximum absolute atomic E-state index is 14.8. The van der Waals surface area contributed by atoms with Crippen molar-refractivity contribution in [3.63, 3.8) is 0 Å². The highest BCUT2D eigenvalue weighted by molar-refractivity contribution is 9.10. The van der Waals surface area contributed by atoms with Crippen LogP contribution in [0, 0.1) is 11.8 Å². The average molecular weight is 525 g/mol. The maximum atomic E-state index is 14.8. The quantitative estimate of drug-likeness (QED) is 0.564. The molecule has 0 radical (unpaired) electrons. The number of hydrogen-bond donors (Lipinski definition) is 2. The van der Waals surface area contributed by atoms with Crippen molar-refractivity contribution in [3.8, 4) is 0 Å². The molecular formula is C29H38BrN3O. The molecule has 182 valence electrons. The highest BCUT2D eigenvalue weighted by Crippen LogP contribution is 2.45. The highest BCUT2D eigenvalue weighted by atomic mass is 79.9. The zero-order valence-electron chi connectivity index (χ0n) is 20.5. The van der Waals surface area contributed by atoms with E-state index in [1.165, 1.54) is 16.7 Å². The van der Waals surface area contributed by atoms with Crippen molar-refractivity contribution in [3.05, 3.63) is 69.7 Å². The van der Waals surface area contributed by atoms with Crippen LogP contribution in [-0.4, -0.2) is 43.0 Å². The van der Waals surface area contributed by atoms with Gasteiger partial charge in [0.2, 0.25) is 5.91 Å². The van der Waals surface area contributed by atoms with Gasteiger partial charge in [-0.2, -0.15) is 0 Å². The van der Waals surface area contributed by atoms with E-state index in [2.05, 4.69) is 93.8 Å². The number of piperidine rings is 1. The predicted octanol–water partition coefficient (Wildman–Crippen LogP) is 5.22. The summed E-state index contributed by atoms with van der Waals surface area (Å²) in [7, 11) is 0. The molecular weight excluding hydrogens is 486 g/mol. The Kier molecular flexibility index (Phi) is 7.15. The molecule has 4 atom stereocenters. The molecule has 1 amide bonds. The second-order valence-corrected chi connectivity index (χ2v) is 11.3. The zero-order chi connectivity index (χ0) is 23.7. The van der Waals surface area contributed by atoms with Gasteiger partial charge in [-0.05, 0) is 47.4 Å². The van der Waals surface area contributed by atoms with Crippen molar-refractivity contribution >= 4 is 21.8 Å². The Labute approximate surface area is 213 Å². The fourth-order valence-corrected chi connectivity index (χ4v) is 7.54. The number of carbonyl (C=O) groups excluding carboxylic acids is 1. The lowest BCUT2D eigenvalue weighted by atomic mass is 9.69. The van der Waals surface area contributed by atoms with Gasteiger partial charge in [-0.1, -0.05) is 85.1 Å². The summed E-state index contributed by atoms with van der Waals surface area (Å²) < 4.78 is 1.11. The van der Waals surface area contributed by atoms with Gasteiger partial charge in [-0.3, -0.25) is 4.79 Å². The lowest BCUT2D eigenvalue weighted by Crippen LogP contribution is -2.58. The van der Waals surface area contributed by atoms with E-state index in [-0.39, 0.29) is 5.92 Å². The molecule has 2 N–H and O–H groups in total. The van der Waals surface area contributed by atoms with E-state index in [4.69, 9.17) is 0 Å². The van der Waals surface area contributed by atoms with E-state index in [0.29, 0.717) is 23.8 Å². The molecule has 4 unspecified atom stereocenters. The topological polar surface area (TPSA) is 44.4 Å². The summed E-state index contributed by atoms with van der Waals surface area (Å²) >= 11 is 3.79. The molecule has 0 aromatic heterocycles.